The topological polar surface area (TPSA) is 12.0 Å². The van der Waals surface area contributed by atoms with Gasteiger partial charge in [0.25, 0.3) is 0 Å². The van der Waals surface area contributed by atoms with Gasteiger partial charge >= 0.3 is 0 Å². The summed E-state index contributed by atoms with van der Waals surface area (Å²) >= 11 is 3.48. The van der Waals surface area contributed by atoms with E-state index >= 15 is 0 Å². The lowest BCUT2D eigenvalue weighted by Gasteiger charge is -2.11. The van der Waals surface area contributed by atoms with Crippen molar-refractivity contribution in [3.8, 4) is 0 Å². The van der Waals surface area contributed by atoms with Crippen LogP contribution >= 0.6 is 15.9 Å². The van der Waals surface area contributed by atoms with E-state index in [1.54, 1.807) is 0 Å². The summed E-state index contributed by atoms with van der Waals surface area (Å²) in [7, 11) is 0. The highest BCUT2D eigenvalue weighted by atomic mass is 79.9. The molecule has 1 aromatic rings. The maximum absolute atomic E-state index is 3.48. The van der Waals surface area contributed by atoms with Gasteiger partial charge in [0.1, 0.15) is 0 Å². The largest absolute Gasteiger partial charge is 0.315 e. The van der Waals surface area contributed by atoms with Crippen LogP contribution in [0.2, 0.25) is 0 Å². The van der Waals surface area contributed by atoms with Crippen LogP contribution in [-0.4, -0.2) is 12.6 Å². The molecule has 0 saturated carbocycles. The smallest absolute Gasteiger partial charge is 0.0177 e. The molecule has 1 atom stereocenters. The highest BCUT2D eigenvalue weighted by Gasteiger charge is 2.00. The lowest BCUT2D eigenvalue weighted by Crippen LogP contribution is -2.25. The Labute approximate surface area is 95.0 Å². The second-order valence-electron chi connectivity index (χ2n) is 3.63. The summed E-state index contributed by atoms with van der Waals surface area (Å²) in [5.74, 6) is 0. The zero-order valence-corrected chi connectivity index (χ0v) is 10.5. The highest BCUT2D eigenvalue weighted by molar-refractivity contribution is 9.10. The van der Waals surface area contributed by atoms with E-state index in [-0.39, 0.29) is 0 Å². The normalized spacial score (nSPS) is 12.8. The van der Waals surface area contributed by atoms with Gasteiger partial charge in [-0.1, -0.05) is 35.0 Å². The number of aryl methyl sites for hydroxylation is 1. The van der Waals surface area contributed by atoms with E-state index in [1.807, 2.05) is 0 Å². The molecule has 1 N–H and O–H groups in total. The molecule has 1 unspecified atom stereocenters. The third-order valence-electron chi connectivity index (χ3n) is 2.31. The molecule has 0 heterocycles. The highest BCUT2D eigenvalue weighted by Crippen LogP contribution is 2.13. The minimum Gasteiger partial charge on any atom is -0.315 e. The summed E-state index contributed by atoms with van der Waals surface area (Å²) in [6.45, 7) is 5.44. The molecule has 2 heteroatoms. The van der Waals surface area contributed by atoms with Crippen molar-refractivity contribution in [1.82, 2.24) is 5.32 Å². The van der Waals surface area contributed by atoms with Gasteiger partial charge in [0.05, 0.1) is 0 Å². The van der Waals surface area contributed by atoms with Gasteiger partial charge < -0.3 is 5.32 Å². The summed E-state index contributed by atoms with van der Waals surface area (Å²) in [6, 6.07) is 9.15. The molecule has 0 bridgehead atoms. The van der Waals surface area contributed by atoms with E-state index in [4.69, 9.17) is 0 Å². The molecule has 0 saturated heterocycles. The van der Waals surface area contributed by atoms with Crippen LogP contribution in [0.1, 0.15) is 25.8 Å². The summed E-state index contributed by atoms with van der Waals surface area (Å²) in [6.07, 6.45) is 2.35. The average molecular weight is 256 g/mol. The van der Waals surface area contributed by atoms with Crippen LogP contribution in [-0.2, 0) is 6.42 Å². The third kappa shape index (κ3) is 4.25. The molecule has 14 heavy (non-hydrogen) atoms. The van der Waals surface area contributed by atoms with Crippen LogP contribution in [0.5, 0.6) is 0 Å². The van der Waals surface area contributed by atoms with E-state index < -0.39 is 0 Å². The third-order valence-corrected chi connectivity index (χ3v) is 2.80. The Morgan fingerprint density at radius 2 is 2.21 bits per heavy atom. The second kappa shape index (κ2) is 6.20. The molecular formula is C12H18BrN. The van der Waals surface area contributed by atoms with Crippen molar-refractivity contribution in [1.29, 1.82) is 0 Å². The van der Waals surface area contributed by atoms with Gasteiger partial charge in [-0.15, -0.1) is 0 Å². The van der Waals surface area contributed by atoms with E-state index in [2.05, 4.69) is 59.4 Å². The maximum Gasteiger partial charge on any atom is 0.0177 e. The van der Waals surface area contributed by atoms with Crippen molar-refractivity contribution in [3.05, 3.63) is 34.3 Å². The van der Waals surface area contributed by atoms with Crippen LogP contribution < -0.4 is 5.32 Å². The minimum atomic E-state index is 0.610. The van der Waals surface area contributed by atoms with E-state index in [0.29, 0.717) is 6.04 Å². The molecular weight excluding hydrogens is 238 g/mol. The summed E-state index contributed by atoms with van der Waals surface area (Å²) < 4.78 is 1.17. The Morgan fingerprint density at radius 3 is 2.86 bits per heavy atom. The maximum atomic E-state index is 3.48. The predicted octanol–water partition coefficient (Wildman–Crippen LogP) is 3.38. The van der Waals surface area contributed by atoms with Crippen molar-refractivity contribution >= 4 is 15.9 Å². The molecule has 0 fully saturated rings. The average Bonchev–Trinajstić information content (AvgIpc) is 2.15. The van der Waals surface area contributed by atoms with E-state index in [1.165, 1.54) is 16.5 Å². The van der Waals surface area contributed by atoms with Gasteiger partial charge in [-0.2, -0.15) is 0 Å². The molecule has 1 nitrogen and oxygen atoms in total. The fraction of sp³-hybridized carbons (Fsp3) is 0.500. The van der Waals surface area contributed by atoms with Crippen molar-refractivity contribution < 1.29 is 0 Å². The lowest BCUT2D eigenvalue weighted by molar-refractivity contribution is 0.530. The molecule has 0 aliphatic heterocycles. The number of hydrogen-bond acceptors (Lipinski definition) is 1. The van der Waals surface area contributed by atoms with Crippen molar-refractivity contribution in [2.24, 2.45) is 0 Å². The summed E-state index contributed by atoms with van der Waals surface area (Å²) in [5, 5.41) is 3.42. The van der Waals surface area contributed by atoms with Crippen LogP contribution in [0.25, 0.3) is 0 Å². The van der Waals surface area contributed by atoms with Gasteiger partial charge in [-0.05, 0) is 44.0 Å². The quantitative estimate of drug-likeness (QED) is 0.851. The molecule has 0 aliphatic rings. The summed E-state index contributed by atoms with van der Waals surface area (Å²) in [5.41, 5.74) is 1.41. The molecule has 1 rings (SSSR count). The fourth-order valence-corrected chi connectivity index (χ4v) is 1.97. The SMILES string of the molecule is CCNC(C)CCc1cccc(Br)c1. The Bertz CT molecular complexity index is 273. The zero-order valence-electron chi connectivity index (χ0n) is 8.89. The predicted molar refractivity (Wildman–Crippen MR) is 65.6 cm³/mol. The molecule has 0 radical (unpaired) electrons. The number of halogens is 1. The molecule has 0 aliphatic carbocycles. The first kappa shape index (κ1) is 11.7. The van der Waals surface area contributed by atoms with Gasteiger partial charge in [-0.25, -0.2) is 0 Å². The zero-order chi connectivity index (χ0) is 10.4. The monoisotopic (exact) mass is 255 g/mol. The van der Waals surface area contributed by atoms with Gasteiger partial charge in [0.15, 0.2) is 0 Å². The van der Waals surface area contributed by atoms with E-state index in [0.717, 1.165) is 13.0 Å². The Kier molecular flexibility index (Phi) is 5.20. The van der Waals surface area contributed by atoms with Gasteiger partial charge in [0.2, 0.25) is 0 Å². The number of nitrogens with one attached hydrogen (secondary N) is 1. The lowest BCUT2D eigenvalue weighted by atomic mass is 10.1. The van der Waals surface area contributed by atoms with Crippen LogP contribution in [0, 0.1) is 0 Å². The number of rotatable bonds is 5. The number of hydrogen-bond donors (Lipinski definition) is 1. The molecule has 0 amide bonds. The van der Waals surface area contributed by atoms with E-state index in [9.17, 15) is 0 Å². The molecule has 1 aromatic carbocycles. The van der Waals surface area contributed by atoms with Crippen LogP contribution in [0.3, 0.4) is 0 Å². The fourth-order valence-electron chi connectivity index (χ4n) is 1.53. The van der Waals surface area contributed by atoms with Gasteiger partial charge in [0, 0.05) is 10.5 Å². The second-order valence-corrected chi connectivity index (χ2v) is 4.54. The molecule has 0 spiro atoms. The van der Waals surface area contributed by atoms with Crippen molar-refractivity contribution in [2.75, 3.05) is 6.54 Å². The van der Waals surface area contributed by atoms with Crippen LogP contribution in [0.15, 0.2) is 28.7 Å². The Morgan fingerprint density at radius 1 is 1.43 bits per heavy atom. The molecule has 0 aromatic heterocycles. The van der Waals surface area contributed by atoms with Gasteiger partial charge in [-0.3, -0.25) is 0 Å². The van der Waals surface area contributed by atoms with Crippen LogP contribution in [0.4, 0.5) is 0 Å². The first-order chi connectivity index (χ1) is 6.72. The minimum absolute atomic E-state index is 0.610. The molecule has 78 valence electrons. The standard InChI is InChI=1S/C12H18BrN/c1-3-14-10(2)7-8-11-5-4-6-12(13)9-11/h4-6,9-10,14H,3,7-8H2,1-2H3. The summed E-state index contributed by atoms with van der Waals surface area (Å²) in [4.78, 5) is 0. The van der Waals surface area contributed by atoms with Crippen molar-refractivity contribution in [3.63, 3.8) is 0 Å². The van der Waals surface area contributed by atoms with Crippen molar-refractivity contribution in [2.45, 2.75) is 32.7 Å². The Balaban J connectivity index is 2.37. The first-order valence-electron chi connectivity index (χ1n) is 5.20. The first-order valence-corrected chi connectivity index (χ1v) is 5.99. The Hall–Kier alpha value is -0.340. The number of benzene rings is 1.